The number of benzene rings is 1. The number of nitrogens with one attached hydrogen (secondary N) is 1. The highest BCUT2D eigenvalue weighted by Crippen LogP contribution is 2.32. The van der Waals surface area contributed by atoms with E-state index in [0.29, 0.717) is 16.9 Å². The van der Waals surface area contributed by atoms with Crippen molar-refractivity contribution in [2.75, 3.05) is 6.61 Å². The molecular formula is C19H21NO6. The van der Waals surface area contributed by atoms with Gasteiger partial charge in [0.25, 0.3) is 5.91 Å². The maximum atomic E-state index is 12.3. The Hall–Kier alpha value is -2.83. The lowest BCUT2D eigenvalue weighted by Gasteiger charge is -2.18. The highest BCUT2D eigenvalue weighted by Gasteiger charge is 2.20. The molecule has 1 atom stereocenters. The molecule has 0 aliphatic heterocycles. The van der Waals surface area contributed by atoms with Crippen molar-refractivity contribution in [2.24, 2.45) is 0 Å². The fraction of sp³-hybridized carbons (Fsp3) is 0.421. The van der Waals surface area contributed by atoms with E-state index >= 15 is 0 Å². The van der Waals surface area contributed by atoms with Gasteiger partial charge in [0.15, 0.2) is 6.61 Å². The number of carbonyl (C=O) groups excluding carboxylic acids is 1. The van der Waals surface area contributed by atoms with Crippen molar-refractivity contribution >= 4 is 22.8 Å². The van der Waals surface area contributed by atoms with Gasteiger partial charge in [0, 0.05) is 16.5 Å². The standard InChI is InChI=1S/C19H21NO6/c1-10-15(25-9-16(21)20-11(2)18(22)23)8-7-13-12-5-3-4-6-14(12)19(24)26-17(10)13/h7-8,11H,3-6,9H2,1-2H3,(H,20,21)(H,22,23). The normalized spacial score (nSPS) is 14.5. The molecule has 1 aromatic carbocycles. The van der Waals surface area contributed by atoms with Crippen molar-refractivity contribution in [2.45, 2.75) is 45.6 Å². The molecule has 0 spiro atoms. The zero-order chi connectivity index (χ0) is 18.8. The molecule has 2 N–H and O–H groups in total. The van der Waals surface area contributed by atoms with Crippen LogP contribution in [0.15, 0.2) is 21.3 Å². The first-order chi connectivity index (χ1) is 12.4. The minimum atomic E-state index is -1.12. The van der Waals surface area contributed by atoms with E-state index < -0.39 is 17.9 Å². The molecule has 1 aliphatic carbocycles. The predicted molar refractivity (Wildman–Crippen MR) is 94.6 cm³/mol. The molecule has 1 unspecified atom stereocenters. The second-order valence-corrected chi connectivity index (χ2v) is 6.54. The van der Waals surface area contributed by atoms with Crippen LogP contribution in [-0.4, -0.2) is 29.6 Å². The summed E-state index contributed by atoms with van der Waals surface area (Å²) in [4.78, 5) is 34.8. The first-order valence-corrected chi connectivity index (χ1v) is 8.61. The average molecular weight is 359 g/mol. The Morgan fingerprint density at radius 1 is 1.27 bits per heavy atom. The second kappa shape index (κ2) is 7.19. The van der Waals surface area contributed by atoms with Gasteiger partial charge in [-0.3, -0.25) is 9.59 Å². The van der Waals surface area contributed by atoms with Gasteiger partial charge in [0.1, 0.15) is 17.4 Å². The van der Waals surface area contributed by atoms with E-state index in [1.54, 1.807) is 13.0 Å². The van der Waals surface area contributed by atoms with Crippen molar-refractivity contribution in [1.82, 2.24) is 5.32 Å². The molecule has 26 heavy (non-hydrogen) atoms. The third-order valence-corrected chi connectivity index (χ3v) is 4.70. The van der Waals surface area contributed by atoms with E-state index in [0.717, 1.165) is 42.2 Å². The topological polar surface area (TPSA) is 106 Å². The fourth-order valence-electron chi connectivity index (χ4n) is 3.27. The monoisotopic (exact) mass is 359 g/mol. The lowest BCUT2D eigenvalue weighted by Crippen LogP contribution is -2.40. The number of carbonyl (C=O) groups is 2. The SMILES string of the molecule is Cc1c(OCC(=O)NC(C)C(=O)O)ccc2c3c(c(=O)oc12)CCCC3. The van der Waals surface area contributed by atoms with Crippen molar-refractivity contribution in [3.05, 3.63) is 39.2 Å². The van der Waals surface area contributed by atoms with Crippen LogP contribution >= 0.6 is 0 Å². The number of aliphatic carboxylic acids is 1. The fourth-order valence-corrected chi connectivity index (χ4v) is 3.27. The van der Waals surface area contributed by atoms with Crippen LogP contribution in [0.4, 0.5) is 0 Å². The molecule has 1 amide bonds. The van der Waals surface area contributed by atoms with Gasteiger partial charge >= 0.3 is 11.6 Å². The Morgan fingerprint density at radius 3 is 2.65 bits per heavy atom. The molecule has 0 saturated carbocycles. The molecule has 138 valence electrons. The predicted octanol–water partition coefficient (Wildman–Crippen LogP) is 1.95. The Kier molecular flexibility index (Phi) is 4.97. The van der Waals surface area contributed by atoms with Gasteiger partial charge < -0.3 is 19.6 Å². The summed E-state index contributed by atoms with van der Waals surface area (Å²) in [6.07, 6.45) is 3.64. The first kappa shape index (κ1) is 18.0. The van der Waals surface area contributed by atoms with Gasteiger partial charge in [-0.15, -0.1) is 0 Å². The third kappa shape index (κ3) is 3.42. The summed E-state index contributed by atoms with van der Waals surface area (Å²) < 4.78 is 11.0. The van der Waals surface area contributed by atoms with Crippen LogP contribution in [0.25, 0.3) is 11.0 Å². The molecule has 0 fully saturated rings. The number of carboxylic acids is 1. The van der Waals surface area contributed by atoms with Crippen LogP contribution in [0.1, 0.15) is 36.5 Å². The third-order valence-electron chi connectivity index (χ3n) is 4.70. The first-order valence-electron chi connectivity index (χ1n) is 8.61. The van der Waals surface area contributed by atoms with Gasteiger partial charge in [0.2, 0.25) is 0 Å². The van der Waals surface area contributed by atoms with Crippen LogP contribution < -0.4 is 15.7 Å². The van der Waals surface area contributed by atoms with Crippen molar-refractivity contribution in [3.8, 4) is 5.75 Å². The zero-order valence-electron chi connectivity index (χ0n) is 14.8. The van der Waals surface area contributed by atoms with Crippen LogP contribution in [-0.2, 0) is 22.4 Å². The molecule has 0 radical (unpaired) electrons. The zero-order valence-corrected chi connectivity index (χ0v) is 14.8. The smallest absolute Gasteiger partial charge is 0.339 e. The molecule has 7 heteroatoms. The number of aryl methyl sites for hydroxylation is 2. The number of rotatable bonds is 5. The summed E-state index contributed by atoms with van der Waals surface area (Å²) in [5, 5.41) is 12.0. The van der Waals surface area contributed by atoms with Gasteiger partial charge in [-0.2, -0.15) is 0 Å². The van der Waals surface area contributed by atoms with E-state index in [-0.39, 0.29) is 12.2 Å². The summed E-state index contributed by atoms with van der Waals surface area (Å²) in [5.74, 6) is -1.23. The molecule has 2 aromatic rings. The molecule has 7 nitrogen and oxygen atoms in total. The lowest BCUT2D eigenvalue weighted by molar-refractivity contribution is -0.141. The molecule has 1 aliphatic rings. The molecule has 1 aromatic heterocycles. The molecule has 3 rings (SSSR count). The van der Waals surface area contributed by atoms with Crippen molar-refractivity contribution in [1.29, 1.82) is 0 Å². The van der Waals surface area contributed by atoms with Gasteiger partial charge in [-0.05, 0) is 57.2 Å². The second-order valence-electron chi connectivity index (χ2n) is 6.54. The number of hydrogen-bond acceptors (Lipinski definition) is 5. The number of ether oxygens (including phenoxy) is 1. The van der Waals surface area contributed by atoms with Gasteiger partial charge in [0.05, 0.1) is 0 Å². The Labute approximate surface area is 150 Å². The van der Waals surface area contributed by atoms with Crippen molar-refractivity contribution < 1.29 is 23.8 Å². The molecule has 0 bridgehead atoms. The lowest BCUT2D eigenvalue weighted by atomic mass is 9.90. The molecule has 1 heterocycles. The minimum Gasteiger partial charge on any atom is -0.483 e. The summed E-state index contributed by atoms with van der Waals surface area (Å²) in [6.45, 7) is 2.83. The van der Waals surface area contributed by atoms with Crippen LogP contribution in [0.2, 0.25) is 0 Å². The Bertz CT molecular complexity index is 930. The van der Waals surface area contributed by atoms with Gasteiger partial charge in [-0.1, -0.05) is 0 Å². The Morgan fingerprint density at radius 2 is 1.96 bits per heavy atom. The van der Waals surface area contributed by atoms with E-state index in [4.69, 9.17) is 14.3 Å². The van der Waals surface area contributed by atoms with Crippen LogP contribution in [0, 0.1) is 6.92 Å². The van der Waals surface area contributed by atoms with E-state index in [9.17, 15) is 14.4 Å². The highest BCUT2D eigenvalue weighted by molar-refractivity contribution is 5.87. The van der Waals surface area contributed by atoms with Crippen LogP contribution in [0.5, 0.6) is 5.75 Å². The largest absolute Gasteiger partial charge is 0.483 e. The van der Waals surface area contributed by atoms with E-state index in [2.05, 4.69) is 5.32 Å². The van der Waals surface area contributed by atoms with Crippen molar-refractivity contribution in [3.63, 3.8) is 0 Å². The van der Waals surface area contributed by atoms with E-state index in [1.165, 1.54) is 6.92 Å². The highest BCUT2D eigenvalue weighted by atomic mass is 16.5. The average Bonchev–Trinajstić information content (AvgIpc) is 2.62. The molecule has 0 saturated heterocycles. The summed E-state index contributed by atoms with van der Waals surface area (Å²) in [7, 11) is 0. The quantitative estimate of drug-likeness (QED) is 0.791. The minimum absolute atomic E-state index is 0.305. The maximum absolute atomic E-state index is 12.3. The Balaban J connectivity index is 1.85. The summed E-state index contributed by atoms with van der Waals surface area (Å²) >= 11 is 0. The van der Waals surface area contributed by atoms with Crippen LogP contribution in [0.3, 0.4) is 0 Å². The maximum Gasteiger partial charge on any atom is 0.339 e. The summed E-state index contributed by atoms with van der Waals surface area (Å²) in [5.41, 5.74) is 2.63. The van der Waals surface area contributed by atoms with E-state index in [1.807, 2.05) is 6.07 Å². The molecular weight excluding hydrogens is 338 g/mol. The number of amides is 1. The number of hydrogen-bond donors (Lipinski definition) is 2. The number of fused-ring (bicyclic) bond motifs is 3. The van der Waals surface area contributed by atoms with Gasteiger partial charge in [-0.25, -0.2) is 4.79 Å². The number of carboxylic acid groups (broad SMARTS) is 1. The summed E-state index contributed by atoms with van der Waals surface area (Å²) in [6, 6.07) is 2.61.